The summed E-state index contributed by atoms with van der Waals surface area (Å²) >= 11 is 0. The van der Waals surface area contributed by atoms with Crippen LogP contribution in [0, 0.1) is 6.92 Å². The van der Waals surface area contributed by atoms with Crippen molar-refractivity contribution in [3.8, 4) is 5.69 Å². The molecule has 0 atom stereocenters. The highest BCUT2D eigenvalue weighted by molar-refractivity contribution is 6.04. The number of amides is 1. The number of hydrogen-bond acceptors (Lipinski definition) is 3. The maximum Gasteiger partial charge on any atom is 0.255 e. The van der Waals surface area contributed by atoms with Gasteiger partial charge in [0.05, 0.1) is 5.69 Å². The van der Waals surface area contributed by atoms with Crippen LogP contribution >= 0.6 is 0 Å². The average Bonchev–Trinajstić information content (AvgIpc) is 3.04. The predicted octanol–water partition coefficient (Wildman–Crippen LogP) is 2.83. The molecule has 0 aliphatic rings. The molecule has 0 spiro atoms. The Labute approximate surface area is 122 Å². The molecule has 3 rings (SSSR count). The van der Waals surface area contributed by atoms with Crippen LogP contribution in [0.1, 0.15) is 15.9 Å². The SMILES string of the molecule is Cc1cc(-n2cccn2)ccc1NC(=O)c1ccncc1. The van der Waals surface area contributed by atoms with Crippen molar-refractivity contribution >= 4 is 11.6 Å². The lowest BCUT2D eigenvalue weighted by Gasteiger charge is -2.10. The lowest BCUT2D eigenvalue weighted by molar-refractivity contribution is 0.102. The highest BCUT2D eigenvalue weighted by Crippen LogP contribution is 2.19. The molecule has 2 aromatic heterocycles. The Bertz CT molecular complexity index is 751. The monoisotopic (exact) mass is 278 g/mol. The third-order valence-electron chi connectivity index (χ3n) is 3.17. The number of hydrogen-bond donors (Lipinski definition) is 1. The third-order valence-corrected chi connectivity index (χ3v) is 3.17. The van der Waals surface area contributed by atoms with Gasteiger partial charge in [-0.2, -0.15) is 5.10 Å². The van der Waals surface area contributed by atoms with Crippen LogP contribution in [0.25, 0.3) is 5.69 Å². The first-order valence-electron chi connectivity index (χ1n) is 6.56. The van der Waals surface area contributed by atoms with Crippen molar-refractivity contribution in [2.24, 2.45) is 0 Å². The number of carbonyl (C=O) groups excluding carboxylic acids is 1. The summed E-state index contributed by atoms with van der Waals surface area (Å²) in [5.74, 6) is -0.146. The molecule has 104 valence electrons. The van der Waals surface area contributed by atoms with Crippen molar-refractivity contribution in [1.29, 1.82) is 0 Å². The quantitative estimate of drug-likeness (QED) is 0.801. The topological polar surface area (TPSA) is 59.8 Å². The molecule has 1 aromatic carbocycles. The lowest BCUT2D eigenvalue weighted by Crippen LogP contribution is -2.13. The van der Waals surface area contributed by atoms with E-state index in [1.165, 1.54) is 0 Å². The van der Waals surface area contributed by atoms with Gasteiger partial charge in [-0.3, -0.25) is 9.78 Å². The number of aromatic nitrogens is 3. The molecule has 1 amide bonds. The highest BCUT2D eigenvalue weighted by atomic mass is 16.1. The van der Waals surface area contributed by atoms with Crippen LogP contribution in [0.5, 0.6) is 0 Å². The molecule has 5 heteroatoms. The fourth-order valence-electron chi connectivity index (χ4n) is 2.05. The number of carbonyl (C=O) groups is 1. The zero-order valence-corrected chi connectivity index (χ0v) is 11.5. The molecule has 0 unspecified atom stereocenters. The van der Waals surface area contributed by atoms with Gasteiger partial charge in [-0.1, -0.05) is 0 Å². The van der Waals surface area contributed by atoms with E-state index < -0.39 is 0 Å². The van der Waals surface area contributed by atoms with Gasteiger partial charge in [-0.15, -0.1) is 0 Å². The number of nitrogens with zero attached hydrogens (tertiary/aromatic N) is 3. The smallest absolute Gasteiger partial charge is 0.255 e. The number of benzene rings is 1. The van der Waals surface area contributed by atoms with Gasteiger partial charge in [0, 0.05) is 36.0 Å². The lowest BCUT2D eigenvalue weighted by atomic mass is 10.1. The van der Waals surface area contributed by atoms with E-state index >= 15 is 0 Å². The van der Waals surface area contributed by atoms with Crippen LogP contribution in [0.4, 0.5) is 5.69 Å². The third kappa shape index (κ3) is 2.81. The highest BCUT2D eigenvalue weighted by Gasteiger charge is 2.08. The first-order chi connectivity index (χ1) is 10.2. The van der Waals surface area contributed by atoms with Gasteiger partial charge in [0.1, 0.15) is 0 Å². The minimum absolute atomic E-state index is 0.146. The molecule has 2 heterocycles. The van der Waals surface area contributed by atoms with E-state index in [0.29, 0.717) is 5.56 Å². The van der Waals surface area contributed by atoms with E-state index in [4.69, 9.17) is 0 Å². The summed E-state index contributed by atoms with van der Waals surface area (Å²) in [5, 5.41) is 7.09. The number of rotatable bonds is 3. The Hall–Kier alpha value is -2.95. The van der Waals surface area contributed by atoms with Crippen molar-refractivity contribution in [3.05, 3.63) is 72.3 Å². The van der Waals surface area contributed by atoms with Crippen LogP contribution in [0.3, 0.4) is 0 Å². The average molecular weight is 278 g/mol. The zero-order chi connectivity index (χ0) is 14.7. The van der Waals surface area contributed by atoms with Crippen LogP contribution in [0.15, 0.2) is 61.2 Å². The standard InChI is InChI=1S/C16H14N4O/c1-12-11-14(20-10-2-7-18-20)3-4-15(12)19-16(21)13-5-8-17-9-6-13/h2-11H,1H3,(H,19,21). The second-order valence-electron chi connectivity index (χ2n) is 4.64. The molecule has 1 N–H and O–H groups in total. The minimum Gasteiger partial charge on any atom is -0.322 e. The van der Waals surface area contributed by atoms with Gasteiger partial charge in [0.15, 0.2) is 0 Å². The van der Waals surface area contributed by atoms with E-state index in [0.717, 1.165) is 16.9 Å². The molecule has 0 saturated carbocycles. The Kier molecular flexibility index (Phi) is 3.47. The summed E-state index contributed by atoms with van der Waals surface area (Å²) in [7, 11) is 0. The van der Waals surface area contributed by atoms with Crippen LogP contribution in [-0.4, -0.2) is 20.7 Å². The molecule has 0 aliphatic carbocycles. The number of nitrogens with one attached hydrogen (secondary N) is 1. The van der Waals surface area contributed by atoms with Crippen molar-refractivity contribution in [2.45, 2.75) is 6.92 Å². The Morgan fingerprint density at radius 2 is 1.95 bits per heavy atom. The molecular weight excluding hydrogens is 264 g/mol. The van der Waals surface area contributed by atoms with Crippen LogP contribution in [0.2, 0.25) is 0 Å². The maximum absolute atomic E-state index is 12.1. The van der Waals surface area contributed by atoms with Crippen LogP contribution < -0.4 is 5.32 Å². The van der Waals surface area contributed by atoms with Gasteiger partial charge in [0.2, 0.25) is 0 Å². The van der Waals surface area contributed by atoms with E-state index in [1.54, 1.807) is 35.4 Å². The summed E-state index contributed by atoms with van der Waals surface area (Å²) in [4.78, 5) is 16.0. The predicted molar refractivity (Wildman–Crippen MR) is 80.5 cm³/mol. The second-order valence-corrected chi connectivity index (χ2v) is 4.64. The van der Waals surface area contributed by atoms with E-state index in [-0.39, 0.29) is 5.91 Å². The summed E-state index contributed by atoms with van der Waals surface area (Å²) in [6.45, 7) is 1.95. The number of anilines is 1. The summed E-state index contributed by atoms with van der Waals surface area (Å²) in [6, 6.07) is 11.0. The van der Waals surface area contributed by atoms with Crippen LogP contribution in [-0.2, 0) is 0 Å². The summed E-state index contributed by atoms with van der Waals surface area (Å²) < 4.78 is 1.78. The van der Waals surface area contributed by atoms with Gasteiger partial charge < -0.3 is 5.32 Å². The zero-order valence-electron chi connectivity index (χ0n) is 11.5. The summed E-state index contributed by atoms with van der Waals surface area (Å²) in [6.07, 6.45) is 6.81. The number of aryl methyl sites for hydroxylation is 1. The van der Waals surface area contributed by atoms with Crippen molar-refractivity contribution in [1.82, 2.24) is 14.8 Å². The van der Waals surface area contributed by atoms with Crippen molar-refractivity contribution < 1.29 is 4.79 Å². The fourth-order valence-corrected chi connectivity index (χ4v) is 2.05. The molecular formula is C16H14N4O. The molecule has 0 fully saturated rings. The first kappa shape index (κ1) is 13.1. The van der Waals surface area contributed by atoms with Gasteiger partial charge in [-0.25, -0.2) is 4.68 Å². The van der Waals surface area contributed by atoms with Gasteiger partial charge in [-0.05, 0) is 48.9 Å². The van der Waals surface area contributed by atoms with Gasteiger partial charge in [0.25, 0.3) is 5.91 Å². The first-order valence-corrected chi connectivity index (χ1v) is 6.56. The molecule has 0 aliphatic heterocycles. The molecule has 21 heavy (non-hydrogen) atoms. The summed E-state index contributed by atoms with van der Waals surface area (Å²) in [5.41, 5.74) is 3.30. The largest absolute Gasteiger partial charge is 0.322 e. The van der Waals surface area contributed by atoms with Crippen molar-refractivity contribution in [2.75, 3.05) is 5.32 Å². The van der Waals surface area contributed by atoms with Gasteiger partial charge >= 0.3 is 0 Å². The van der Waals surface area contributed by atoms with E-state index in [1.807, 2.05) is 37.4 Å². The Morgan fingerprint density at radius 3 is 2.62 bits per heavy atom. The number of pyridine rings is 1. The molecule has 5 nitrogen and oxygen atoms in total. The molecule has 0 bridgehead atoms. The Balaban J connectivity index is 1.82. The molecule has 3 aromatic rings. The van der Waals surface area contributed by atoms with E-state index in [2.05, 4.69) is 15.4 Å². The maximum atomic E-state index is 12.1. The van der Waals surface area contributed by atoms with E-state index in [9.17, 15) is 4.79 Å². The normalized spacial score (nSPS) is 10.3. The Morgan fingerprint density at radius 1 is 1.14 bits per heavy atom. The second kappa shape index (κ2) is 5.58. The molecule has 0 radical (unpaired) electrons. The molecule has 0 saturated heterocycles. The fraction of sp³-hybridized carbons (Fsp3) is 0.0625. The minimum atomic E-state index is -0.146. The van der Waals surface area contributed by atoms with Crippen molar-refractivity contribution in [3.63, 3.8) is 0 Å².